The number of hydrogen-bond acceptors (Lipinski definition) is 5. The lowest BCUT2D eigenvalue weighted by Crippen LogP contribution is -2.21. The van der Waals surface area contributed by atoms with Crippen molar-refractivity contribution in [2.75, 3.05) is 5.01 Å². The van der Waals surface area contributed by atoms with Gasteiger partial charge in [0, 0.05) is 21.2 Å². The molecule has 0 radical (unpaired) electrons. The van der Waals surface area contributed by atoms with Crippen molar-refractivity contribution in [1.82, 2.24) is 0 Å². The molecular formula is C23H14Cl2N2O4. The number of carbonyl (C=O) groups excluding carboxylic acids is 2. The van der Waals surface area contributed by atoms with Gasteiger partial charge in [-0.1, -0.05) is 35.3 Å². The van der Waals surface area contributed by atoms with Gasteiger partial charge in [-0.2, -0.15) is 10.1 Å². The number of amides is 1. The summed E-state index contributed by atoms with van der Waals surface area (Å²) >= 11 is 12.1. The third-order valence-corrected chi connectivity index (χ3v) is 5.48. The van der Waals surface area contributed by atoms with Crippen LogP contribution in [0.5, 0.6) is 0 Å². The highest BCUT2D eigenvalue weighted by atomic mass is 35.5. The summed E-state index contributed by atoms with van der Waals surface area (Å²) in [6.45, 7) is 2.03. The van der Waals surface area contributed by atoms with Gasteiger partial charge in [-0.3, -0.25) is 4.79 Å². The second kappa shape index (κ2) is 7.41. The number of benzene rings is 2. The van der Waals surface area contributed by atoms with E-state index in [1.54, 1.807) is 49.4 Å². The Morgan fingerprint density at radius 2 is 1.81 bits per heavy atom. The van der Waals surface area contributed by atoms with Gasteiger partial charge in [0.1, 0.15) is 18.1 Å². The topological polar surface area (TPSA) is 72.1 Å². The van der Waals surface area contributed by atoms with Gasteiger partial charge in [0.2, 0.25) is 0 Å². The standard InChI is InChI=1S/C23H14Cl2N2O4/c1-12-19(22(28)27(26-12)17-8-15(24)7-16(25)9-17)10-18-4-5-21(31-18)13-2-3-14-11-30-23(29)20(14)6-13/h2-10H,11H2,1H3. The van der Waals surface area contributed by atoms with Gasteiger partial charge in [-0.25, -0.2) is 4.79 Å². The maximum absolute atomic E-state index is 12.9. The Hall–Kier alpha value is -3.35. The van der Waals surface area contributed by atoms with Gasteiger partial charge in [-0.05, 0) is 49.4 Å². The minimum atomic E-state index is -0.338. The summed E-state index contributed by atoms with van der Waals surface area (Å²) in [6, 6.07) is 13.8. The fourth-order valence-electron chi connectivity index (χ4n) is 3.52. The number of hydrogen-bond donors (Lipinski definition) is 0. The summed E-state index contributed by atoms with van der Waals surface area (Å²) in [5.74, 6) is 0.416. The molecule has 154 valence electrons. The van der Waals surface area contributed by atoms with Crippen molar-refractivity contribution < 1.29 is 18.7 Å². The third-order valence-electron chi connectivity index (χ3n) is 5.04. The van der Waals surface area contributed by atoms with E-state index in [9.17, 15) is 9.59 Å². The monoisotopic (exact) mass is 452 g/mol. The molecule has 6 nitrogen and oxygen atoms in total. The maximum atomic E-state index is 12.9. The van der Waals surface area contributed by atoms with Crippen molar-refractivity contribution in [2.24, 2.45) is 5.10 Å². The van der Waals surface area contributed by atoms with Crippen LogP contribution in [0.3, 0.4) is 0 Å². The summed E-state index contributed by atoms with van der Waals surface area (Å²) in [6.07, 6.45) is 1.64. The van der Waals surface area contributed by atoms with Crippen molar-refractivity contribution in [3.8, 4) is 11.3 Å². The molecule has 2 aliphatic heterocycles. The van der Waals surface area contributed by atoms with Crippen LogP contribution in [0.15, 0.2) is 63.6 Å². The van der Waals surface area contributed by atoms with Gasteiger partial charge in [0.25, 0.3) is 5.91 Å². The molecule has 8 heteroatoms. The number of carbonyl (C=O) groups is 2. The molecule has 0 aliphatic carbocycles. The SMILES string of the molecule is CC1=NN(c2cc(Cl)cc(Cl)c2)C(=O)C1=Cc1ccc(-c2ccc3c(c2)C(=O)OC3)o1. The summed E-state index contributed by atoms with van der Waals surface area (Å²) in [7, 11) is 0. The zero-order valence-electron chi connectivity index (χ0n) is 16.2. The highest BCUT2D eigenvalue weighted by Crippen LogP contribution is 2.32. The average Bonchev–Trinajstić information content (AvgIpc) is 3.42. The minimum Gasteiger partial charge on any atom is -0.457 e. The van der Waals surface area contributed by atoms with Crippen LogP contribution in [0.1, 0.15) is 28.6 Å². The Labute approximate surface area is 187 Å². The molecule has 3 heterocycles. The van der Waals surface area contributed by atoms with Crippen LogP contribution in [0.2, 0.25) is 10.0 Å². The first-order valence-corrected chi connectivity index (χ1v) is 10.1. The number of fused-ring (bicyclic) bond motifs is 1. The van der Waals surface area contributed by atoms with Crippen molar-refractivity contribution in [2.45, 2.75) is 13.5 Å². The second-order valence-corrected chi connectivity index (χ2v) is 8.01. The van der Waals surface area contributed by atoms with E-state index < -0.39 is 0 Å². The molecule has 0 saturated heterocycles. The summed E-state index contributed by atoms with van der Waals surface area (Å²) in [5.41, 5.74) is 3.57. The summed E-state index contributed by atoms with van der Waals surface area (Å²) < 4.78 is 10.9. The predicted molar refractivity (Wildman–Crippen MR) is 118 cm³/mol. The number of cyclic esters (lactones) is 1. The lowest BCUT2D eigenvalue weighted by Gasteiger charge is -2.12. The largest absolute Gasteiger partial charge is 0.457 e. The van der Waals surface area contributed by atoms with Crippen LogP contribution in [0, 0.1) is 0 Å². The molecule has 1 aromatic heterocycles. The molecular weight excluding hydrogens is 439 g/mol. The summed E-state index contributed by atoms with van der Waals surface area (Å²) in [4.78, 5) is 24.8. The van der Waals surface area contributed by atoms with Crippen LogP contribution in [0.4, 0.5) is 5.69 Å². The number of rotatable bonds is 3. The Morgan fingerprint density at radius 3 is 2.58 bits per heavy atom. The van der Waals surface area contributed by atoms with Gasteiger partial charge >= 0.3 is 5.97 Å². The average molecular weight is 453 g/mol. The molecule has 0 fully saturated rings. The molecule has 2 aliphatic rings. The lowest BCUT2D eigenvalue weighted by atomic mass is 10.0. The molecule has 5 rings (SSSR count). The molecule has 0 bridgehead atoms. The molecule has 0 atom stereocenters. The fourth-order valence-corrected chi connectivity index (χ4v) is 4.03. The molecule has 0 saturated carbocycles. The van der Waals surface area contributed by atoms with Crippen LogP contribution in [-0.4, -0.2) is 17.6 Å². The number of esters is 1. The first kappa shape index (κ1) is 19.6. The first-order valence-electron chi connectivity index (χ1n) is 9.37. The molecule has 0 N–H and O–H groups in total. The van der Waals surface area contributed by atoms with E-state index in [0.29, 0.717) is 50.7 Å². The van der Waals surface area contributed by atoms with Crippen molar-refractivity contribution in [3.05, 3.63) is 81.0 Å². The van der Waals surface area contributed by atoms with Crippen molar-refractivity contribution >= 4 is 52.6 Å². The number of ether oxygens (including phenoxy) is 1. The number of furan rings is 1. The Bertz CT molecular complexity index is 1300. The molecule has 31 heavy (non-hydrogen) atoms. The van der Waals surface area contributed by atoms with Crippen LogP contribution < -0.4 is 5.01 Å². The minimum absolute atomic E-state index is 0.291. The number of nitrogens with zero attached hydrogens (tertiary/aromatic N) is 2. The smallest absolute Gasteiger partial charge is 0.338 e. The Kier molecular flexibility index (Phi) is 4.68. The van der Waals surface area contributed by atoms with Crippen LogP contribution >= 0.6 is 23.2 Å². The van der Waals surface area contributed by atoms with E-state index in [1.807, 2.05) is 12.1 Å². The highest BCUT2D eigenvalue weighted by Gasteiger charge is 2.29. The van der Waals surface area contributed by atoms with E-state index in [0.717, 1.165) is 11.1 Å². The molecule has 2 aromatic carbocycles. The Balaban J connectivity index is 1.44. The molecule has 1 amide bonds. The quantitative estimate of drug-likeness (QED) is 0.375. The van der Waals surface area contributed by atoms with E-state index in [1.165, 1.54) is 5.01 Å². The lowest BCUT2D eigenvalue weighted by molar-refractivity contribution is -0.114. The summed E-state index contributed by atoms with van der Waals surface area (Å²) in [5, 5.41) is 6.42. The van der Waals surface area contributed by atoms with Gasteiger partial charge in [0.05, 0.1) is 22.5 Å². The highest BCUT2D eigenvalue weighted by molar-refractivity contribution is 6.36. The molecule has 3 aromatic rings. The zero-order valence-corrected chi connectivity index (χ0v) is 17.7. The van der Waals surface area contributed by atoms with Gasteiger partial charge < -0.3 is 9.15 Å². The number of anilines is 1. The van der Waals surface area contributed by atoms with Gasteiger partial charge in [-0.15, -0.1) is 0 Å². The first-order chi connectivity index (χ1) is 14.9. The molecule has 0 spiro atoms. The number of hydrazone groups is 1. The van der Waals surface area contributed by atoms with E-state index >= 15 is 0 Å². The van der Waals surface area contributed by atoms with Crippen molar-refractivity contribution in [3.63, 3.8) is 0 Å². The van der Waals surface area contributed by atoms with Gasteiger partial charge in [0.15, 0.2) is 0 Å². The Morgan fingerprint density at radius 1 is 1.03 bits per heavy atom. The fraction of sp³-hybridized carbons (Fsp3) is 0.0870. The van der Waals surface area contributed by atoms with Crippen molar-refractivity contribution in [1.29, 1.82) is 0 Å². The third kappa shape index (κ3) is 3.54. The zero-order chi connectivity index (χ0) is 21.7. The normalized spacial score (nSPS) is 16.7. The van der Waals surface area contributed by atoms with E-state index in [4.69, 9.17) is 32.4 Å². The predicted octanol–water partition coefficient (Wildman–Crippen LogP) is 5.73. The maximum Gasteiger partial charge on any atom is 0.338 e. The van der Waals surface area contributed by atoms with E-state index in [2.05, 4.69) is 5.10 Å². The van der Waals surface area contributed by atoms with Crippen LogP contribution in [0.25, 0.3) is 17.4 Å². The molecule has 0 unspecified atom stereocenters. The number of halogens is 2. The van der Waals surface area contributed by atoms with E-state index in [-0.39, 0.29) is 11.9 Å². The second-order valence-electron chi connectivity index (χ2n) is 7.14. The van der Waals surface area contributed by atoms with Crippen LogP contribution in [-0.2, 0) is 16.1 Å².